The van der Waals surface area contributed by atoms with E-state index in [2.05, 4.69) is 5.32 Å². The molecule has 0 radical (unpaired) electrons. The van der Waals surface area contributed by atoms with Crippen molar-refractivity contribution in [3.8, 4) is 0 Å². The van der Waals surface area contributed by atoms with Crippen molar-refractivity contribution in [2.45, 2.75) is 32.5 Å². The third kappa shape index (κ3) is 2.94. The van der Waals surface area contributed by atoms with Crippen molar-refractivity contribution < 1.29 is 30.7 Å². The third-order valence-corrected chi connectivity index (χ3v) is 3.59. The zero-order valence-corrected chi connectivity index (χ0v) is 13.4. The first-order valence-electron chi connectivity index (χ1n) is 6.53. The van der Waals surface area contributed by atoms with Gasteiger partial charge in [-0.3, -0.25) is 4.90 Å². The van der Waals surface area contributed by atoms with E-state index in [9.17, 15) is 30.7 Å². The summed E-state index contributed by atoms with van der Waals surface area (Å²) in [5, 5.41) is 2.34. The Hall–Kier alpha value is -1.84. The molecule has 1 N–H and O–H groups in total. The summed E-state index contributed by atoms with van der Waals surface area (Å²) >= 11 is 4.92. The van der Waals surface area contributed by atoms with E-state index in [1.54, 1.807) is 13.8 Å². The average molecular weight is 372 g/mol. The summed E-state index contributed by atoms with van der Waals surface area (Å²) in [7, 11) is 0. The number of halogens is 7. The lowest BCUT2D eigenvalue weighted by Crippen LogP contribution is -2.53. The molecule has 0 bridgehead atoms. The molecule has 0 unspecified atom stereocenters. The highest BCUT2D eigenvalue weighted by Gasteiger charge is 2.44. The van der Waals surface area contributed by atoms with Gasteiger partial charge in [-0.1, -0.05) is 0 Å². The Morgan fingerprint density at radius 1 is 1.00 bits per heavy atom. The van der Waals surface area contributed by atoms with E-state index in [4.69, 9.17) is 12.2 Å². The van der Waals surface area contributed by atoms with E-state index < -0.39 is 46.2 Å². The smallest absolute Gasteiger partial charge is 0.354 e. The van der Waals surface area contributed by atoms with Crippen molar-refractivity contribution in [1.82, 2.24) is 5.32 Å². The van der Waals surface area contributed by atoms with Crippen LogP contribution in [0.5, 0.6) is 0 Å². The minimum absolute atomic E-state index is 0.0973. The molecule has 1 aliphatic rings. The van der Waals surface area contributed by atoms with Gasteiger partial charge in [0.2, 0.25) is 0 Å². The third-order valence-electron chi connectivity index (χ3n) is 3.30. The fraction of sp³-hybridized carbons (Fsp3) is 0.357. The van der Waals surface area contributed by atoms with Gasteiger partial charge < -0.3 is 5.32 Å². The Labute approximate surface area is 137 Å². The number of anilines is 1. The van der Waals surface area contributed by atoms with Crippen LogP contribution in [0.3, 0.4) is 0 Å². The minimum atomic E-state index is -5.60. The lowest BCUT2D eigenvalue weighted by atomic mass is 10.0. The van der Waals surface area contributed by atoms with Crippen LogP contribution in [0.1, 0.15) is 26.3 Å². The van der Waals surface area contributed by atoms with Crippen molar-refractivity contribution >= 4 is 23.0 Å². The first-order chi connectivity index (χ1) is 10.8. The Morgan fingerprint density at radius 2 is 1.46 bits per heavy atom. The van der Waals surface area contributed by atoms with Crippen LogP contribution in [0.2, 0.25) is 0 Å². The SMILES string of the molecule is CC1=CC(C)(C)NC(=S)N1c1c(F)c(F)c(C(F)(F)F)c(F)c1F. The molecule has 0 saturated carbocycles. The van der Waals surface area contributed by atoms with Crippen LogP contribution in [0, 0.1) is 23.3 Å². The van der Waals surface area contributed by atoms with Crippen LogP contribution in [-0.4, -0.2) is 10.7 Å². The van der Waals surface area contributed by atoms with Crippen LogP contribution in [0.4, 0.5) is 36.4 Å². The van der Waals surface area contributed by atoms with E-state index in [-0.39, 0.29) is 10.8 Å². The summed E-state index contributed by atoms with van der Waals surface area (Å²) in [4.78, 5) is 0.609. The molecule has 1 aromatic rings. The van der Waals surface area contributed by atoms with Crippen LogP contribution in [0.15, 0.2) is 11.8 Å². The Balaban J connectivity index is 2.76. The second-order valence-corrected chi connectivity index (χ2v) is 6.14. The maximum Gasteiger partial charge on any atom is 0.422 e. The zero-order valence-electron chi connectivity index (χ0n) is 12.6. The quantitative estimate of drug-likeness (QED) is 0.439. The molecule has 10 heteroatoms. The molecule has 2 rings (SSSR count). The molecule has 0 spiro atoms. The van der Waals surface area contributed by atoms with Crippen LogP contribution < -0.4 is 10.2 Å². The van der Waals surface area contributed by atoms with Gasteiger partial charge in [-0.15, -0.1) is 0 Å². The maximum absolute atomic E-state index is 14.1. The normalized spacial score (nSPS) is 17.7. The number of alkyl halides is 3. The molecule has 0 aromatic heterocycles. The van der Waals surface area contributed by atoms with Crippen molar-refractivity contribution in [3.63, 3.8) is 0 Å². The fourth-order valence-corrected chi connectivity index (χ4v) is 2.96. The molecule has 2 nitrogen and oxygen atoms in total. The highest BCUT2D eigenvalue weighted by atomic mass is 32.1. The Bertz CT molecular complexity index is 723. The Morgan fingerprint density at radius 3 is 1.83 bits per heavy atom. The minimum Gasteiger partial charge on any atom is -0.354 e. The first kappa shape index (κ1) is 18.5. The fourth-order valence-electron chi connectivity index (χ4n) is 2.46. The van der Waals surface area contributed by atoms with Gasteiger partial charge in [0.25, 0.3) is 0 Å². The van der Waals surface area contributed by atoms with E-state index in [0.717, 1.165) is 0 Å². The zero-order chi connectivity index (χ0) is 18.6. The molecular weight excluding hydrogens is 361 g/mol. The van der Waals surface area contributed by atoms with Gasteiger partial charge in [0, 0.05) is 5.70 Å². The van der Waals surface area contributed by atoms with E-state index in [1.807, 2.05) is 0 Å². The number of hydrogen-bond donors (Lipinski definition) is 1. The summed E-state index contributed by atoms with van der Waals surface area (Å²) < 4.78 is 93.6. The van der Waals surface area contributed by atoms with Gasteiger partial charge in [0.15, 0.2) is 28.4 Å². The maximum atomic E-state index is 14.1. The van der Waals surface area contributed by atoms with Crippen molar-refractivity contribution in [2.75, 3.05) is 4.90 Å². The largest absolute Gasteiger partial charge is 0.422 e. The molecule has 0 fully saturated rings. The summed E-state index contributed by atoms with van der Waals surface area (Å²) in [6.07, 6.45) is -4.14. The number of hydrogen-bond acceptors (Lipinski definition) is 1. The predicted octanol–water partition coefficient (Wildman–Crippen LogP) is 4.64. The monoisotopic (exact) mass is 372 g/mol. The number of nitrogens with one attached hydrogen (secondary N) is 1. The highest BCUT2D eigenvalue weighted by molar-refractivity contribution is 7.80. The van der Waals surface area contributed by atoms with Crippen LogP contribution in [0.25, 0.3) is 0 Å². The molecule has 1 heterocycles. The Kier molecular flexibility index (Phi) is 4.32. The number of thiocarbonyl (C=S) groups is 1. The van der Waals surface area contributed by atoms with Gasteiger partial charge in [0.1, 0.15) is 11.3 Å². The van der Waals surface area contributed by atoms with Gasteiger partial charge >= 0.3 is 6.18 Å². The van der Waals surface area contributed by atoms with Gasteiger partial charge in [-0.05, 0) is 39.1 Å². The molecule has 1 aliphatic heterocycles. The summed E-state index contributed by atoms with van der Waals surface area (Å²) in [6, 6.07) is 0. The second-order valence-electron chi connectivity index (χ2n) is 5.75. The first-order valence-corrected chi connectivity index (χ1v) is 6.93. The molecule has 0 aliphatic carbocycles. The number of allylic oxidation sites excluding steroid dienone is 1. The standard InChI is InChI=1S/C14H11F7N2S/c1-5-4-13(2,3)22-12(24)23(5)11-9(17)7(15)6(14(19,20)21)8(16)10(11)18/h4H,1-3H3,(H,22,24). The van der Waals surface area contributed by atoms with Crippen molar-refractivity contribution in [2.24, 2.45) is 0 Å². The van der Waals surface area contributed by atoms with Crippen LogP contribution >= 0.6 is 12.2 Å². The molecule has 0 saturated heterocycles. The van der Waals surface area contributed by atoms with Gasteiger partial charge in [0.05, 0.1) is 5.54 Å². The molecule has 0 atom stereocenters. The number of rotatable bonds is 1. The van der Waals surface area contributed by atoms with Crippen molar-refractivity contribution in [1.29, 1.82) is 0 Å². The molecular formula is C14H11F7N2S. The van der Waals surface area contributed by atoms with E-state index in [1.165, 1.54) is 13.0 Å². The summed E-state index contributed by atoms with van der Waals surface area (Å²) in [5.41, 5.74) is -4.59. The second kappa shape index (κ2) is 5.61. The number of benzene rings is 1. The lowest BCUT2D eigenvalue weighted by Gasteiger charge is -2.38. The summed E-state index contributed by atoms with van der Waals surface area (Å²) in [6.45, 7) is 4.68. The van der Waals surface area contributed by atoms with Gasteiger partial charge in [-0.2, -0.15) is 13.2 Å². The molecule has 24 heavy (non-hydrogen) atoms. The average Bonchev–Trinajstić information content (AvgIpc) is 2.37. The summed E-state index contributed by atoms with van der Waals surface area (Å²) in [5.74, 6) is -9.43. The predicted molar refractivity (Wildman–Crippen MR) is 77.3 cm³/mol. The highest BCUT2D eigenvalue weighted by Crippen LogP contribution is 2.41. The topological polar surface area (TPSA) is 15.3 Å². The molecule has 0 amide bonds. The van der Waals surface area contributed by atoms with Crippen LogP contribution in [-0.2, 0) is 6.18 Å². The van der Waals surface area contributed by atoms with E-state index >= 15 is 0 Å². The lowest BCUT2D eigenvalue weighted by molar-refractivity contribution is -0.143. The van der Waals surface area contributed by atoms with Gasteiger partial charge in [-0.25, -0.2) is 17.6 Å². The molecule has 132 valence electrons. The number of nitrogens with zero attached hydrogens (tertiary/aromatic N) is 1. The van der Waals surface area contributed by atoms with E-state index in [0.29, 0.717) is 4.90 Å². The molecule has 1 aromatic carbocycles. The van der Waals surface area contributed by atoms with Crippen molar-refractivity contribution in [3.05, 3.63) is 40.6 Å².